The molecule has 0 bridgehead atoms. The number of rotatable bonds is 5. The number of hydrogen-bond donors (Lipinski definition) is 2. The quantitative estimate of drug-likeness (QED) is 0.768. The van der Waals surface area contributed by atoms with Crippen LogP contribution in [0, 0.1) is 0 Å². The number of pyridine rings is 1. The molecule has 0 radical (unpaired) electrons. The van der Waals surface area contributed by atoms with E-state index in [1.54, 1.807) is 19.1 Å². The topological polar surface area (TPSA) is 85.1 Å². The molecule has 0 amide bonds. The molecule has 5 nitrogen and oxygen atoms in total. The fraction of sp³-hybridized carbons (Fsp3) is 0.444. The molecule has 6 heteroatoms. The third-order valence-electron chi connectivity index (χ3n) is 1.95. The number of nitrogen functional groups attached to an aromatic ring is 1. The van der Waals surface area contributed by atoms with E-state index in [1.165, 1.54) is 6.20 Å². The molecule has 3 N–H and O–H groups in total. The van der Waals surface area contributed by atoms with E-state index >= 15 is 0 Å². The van der Waals surface area contributed by atoms with E-state index < -0.39 is 9.84 Å². The standard InChI is InChI=1S/C9H15N3O2S/c1-2-15(13,14)6-5-11-9-4-3-8(10)7-12-9/h3-4,7H,2,5-6,10H2,1H3,(H,11,12). The van der Waals surface area contributed by atoms with Crippen LogP contribution in [0.1, 0.15) is 6.92 Å². The number of nitrogens with two attached hydrogens (primary N) is 1. The highest BCUT2D eigenvalue weighted by Crippen LogP contribution is 2.05. The first kappa shape index (κ1) is 11.8. The molecule has 15 heavy (non-hydrogen) atoms. The van der Waals surface area contributed by atoms with Crippen molar-refractivity contribution in [1.82, 2.24) is 4.98 Å². The highest BCUT2D eigenvalue weighted by atomic mass is 32.2. The van der Waals surface area contributed by atoms with Crippen molar-refractivity contribution in [2.45, 2.75) is 6.92 Å². The Kier molecular flexibility index (Phi) is 3.90. The van der Waals surface area contributed by atoms with E-state index in [0.29, 0.717) is 18.1 Å². The van der Waals surface area contributed by atoms with E-state index in [-0.39, 0.29) is 11.5 Å². The lowest BCUT2D eigenvalue weighted by atomic mass is 10.4. The van der Waals surface area contributed by atoms with Gasteiger partial charge in [-0.1, -0.05) is 6.92 Å². The van der Waals surface area contributed by atoms with Crippen molar-refractivity contribution in [3.63, 3.8) is 0 Å². The lowest BCUT2D eigenvalue weighted by Gasteiger charge is -2.05. The Bertz CT molecular complexity index is 400. The SMILES string of the molecule is CCS(=O)(=O)CCNc1ccc(N)cn1. The summed E-state index contributed by atoms with van der Waals surface area (Å²) in [5.41, 5.74) is 6.04. The molecule has 0 saturated heterocycles. The molecule has 0 aliphatic rings. The zero-order valence-electron chi connectivity index (χ0n) is 8.60. The van der Waals surface area contributed by atoms with Gasteiger partial charge in [0.25, 0.3) is 0 Å². The van der Waals surface area contributed by atoms with E-state index in [0.717, 1.165) is 0 Å². The Morgan fingerprint density at radius 1 is 1.47 bits per heavy atom. The lowest BCUT2D eigenvalue weighted by molar-refractivity contribution is 0.597. The largest absolute Gasteiger partial charge is 0.397 e. The van der Waals surface area contributed by atoms with Crippen LogP contribution in [0.2, 0.25) is 0 Å². The zero-order valence-corrected chi connectivity index (χ0v) is 9.42. The number of nitrogens with zero attached hydrogens (tertiary/aromatic N) is 1. The summed E-state index contributed by atoms with van der Waals surface area (Å²) in [5, 5.41) is 2.92. The summed E-state index contributed by atoms with van der Waals surface area (Å²) >= 11 is 0. The smallest absolute Gasteiger partial charge is 0.151 e. The molecule has 1 rings (SSSR count). The Labute approximate surface area is 89.6 Å². The molecule has 1 aromatic heterocycles. The summed E-state index contributed by atoms with van der Waals surface area (Å²) < 4.78 is 22.3. The van der Waals surface area contributed by atoms with Gasteiger partial charge < -0.3 is 11.1 Å². The maximum atomic E-state index is 11.2. The van der Waals surface area contributed by atoms with Crippen molar-refractivity contribution in [1.29, 1.82) is 0 Å². The molecular weight excluding hydrogens is 214 g/mol. The first-order valence-electron chi connectivity index (χ1n) is 4.69. The lowest BCUT2D eigenvalue weighted by Crippen LogP contribution is -2.17. The zero-order chi connectivity index (χ0) is 11.3. The number of nitrogens with one attached hydrogen (secondary N) is 1. The van der Waals surface area contributed by atoms with Crippen molar-refractivity contribution < 1.29 is 8.42 Å². The average molecular weight is 229 g/mol. The molecule has 84 valence electrons. The van der Waals surface area contributed by atoms with E-state index in [9.17, 15) is 8.42 Å². The van der Waals surface area contributed by atoms with Crippen molar-refractivity contribution in [3.8, 4) is 0 Å². The predicted octanol–water partition coefficient (Wildman–Crippen LogP) is 0.510. The Morgan fingerprint density at radius 3 is 2.73 bits per heavy atom. The summed E-state index contributed by atoms with van der Waals surface area (Å²) in [6.07, 6.45) is 1.52. The molecule has 0 saturated carbocycles. The summed E-state index contributed by atoms with van der Waals surface area (Å²) in [4.78, 5) is 3.99. The van der Waals surface area contributed by atoms with Crippen LogP contribution in [-0.2, 0) is 9.84 Å². The number of hydrogen-bond acceptors (Lipinski definition) is 5. The minimum Gasteiger partial charge on any atom is -0.397 e. The average Bonchev–Trinajstić information content (AvgIpc) is 2.21. The highest BCUT2D eigenvalue weighted by Gasteiger charge is 2.06. The molecular formula is C9H15N3O2S. The van der Waals surface area contributed by atoms with Gasteiger partial charge in [0.1, 0.15) is 5.82 Å². The number of aromatic nitrogens is 1. The fourth-order valence-electron chi connectivity index (χ4n) is 0.989. The van der Waals surface area contributed by atoms with Gasteiger partial charge in [-0.15, -0.1) is 0 Å². The van der Waals surface area contributed by atoms with E-state index in [2.05, 4.69) is 10.3 Å². The first-order chi connectivity index (χ1) is 7.03. The van der Waals surface area contributed by atoms with Crippen LogP contribution in [-0.4, -0.2) is 31.5 Å². The van der Waals surface area contributed by atoms with Gasteiger partial charge in [0.05, 0.1) is 17.6 Å². The second-order valence-electron chi connectivity index (χ2n) is 3.14. The maximum absolute atomic E-state index is 11.2. The molecule has 0 aliphatic heterocycles. The van der Waals surface area contributed by atoms with Gasteiger partial charge in [0.15, 0.2) is 9.84 Å². The minimum atomic E-state index is -2.91. The van der Waals surface area contributed by atoms with Gasteiger partial charge in [0.2, 0.25) is 0 Å². The van der Waals surface area contributed by atoms with Gasteiger partial charge in [-0.2, -0.15) is 0 Å². The van der Waals surface area contributed by atoms with Crippen LogP contribution in [0.5, 0.6) is 0 Å². The first-order valence-corrected chi connectivity index (χ1v) is 6.51. The Morgan fingerprint density at radius 2 is 2.20 bits per heavy atom. The molecule has 0 fully saturated rings. The van der Waals surface area contributed by atoms with Gasteiger partial charge in [0, 0.05) is 12.3 Å². The van der Waals surface area contributed by atoms with Gasteiger partial charge >= 0.3 is 0 Å². The second-order valence-corrected chi connectivity index (χ2v) is 5.61. The van der Waals surface area contributed by atoms with E-state index in [4.69, 9.17) is 5.73 Å². The monoisotopic (exact) mass is 229 g/mol. The van der Waals surface area contributed by atoms with Crippen LogP contribution in [0.3, 0.4) is 0 Å². The Balaban J connectivity index is 2.42. The molecule has 0 unspecified atom stereocenters. The van der Waals surface area contributed by atoms with Crippen LogP contribution in [0.4, 0.5) is 11.5 Å². The highest BCUT2D eigenvalue weighted by molar-refractivity contribution is 7.91. The van der Waals surface area contributed by atoms with E-state index in [1.807, 2.05) is 0 Å². The fourth-order valence-corrected chi connectivity index (χ4v) is 1.69. The summed E-state index contributed by atoms with van der Waals surface area (Å²) in [5.74, 6) is 0.926. The van der Waals surface area contributed by atoms with Crippen LogP contribution in [0.15, 0.2) is 18.3 Å². The third kappa shape index (κ3) is 4.16. The normalized spacial score (nSPS) is 11.3. The number of anilines is 2. The Hall–Kier alpha value is -1.30. The van der Waals surface area contributed by atoms with Crippen LogP contribution >= 0.6 is 0 Å². The summed E-state index contributed by atoms with van der Waals surface area (Å²) in [6, 6.07) is 3.43. The molecule has 1 heterocycles. The van der Waals surface area contributed by atoms with Crippen LogP contribution < -0.4 is 11.1 Å². The third-order valence-corrected chi connectivity index (χ3v) is 3.65. The van der Waals surface area contributed by atoms with Crippen molar-refractivity contribution in [2.24, 2.45) is 0 Å². The summed E-state index contributed by atoms with van der Waals surface area (Å²) in [6.45, 7) is 2.00. The molecule has 0 aromatic carbocycles. The van der Waals surface area contributed by atoms with Crippen molar-refractivity contribution in [3.05, 3.63) is 18.3 Å². The minimum absolute atomic E-state index is 0.121. The van der Waals surface area contributed by atoms with Gasteiger partial charge in [-0.25, -0.2) is 13.4 Å². The molecule has 0 spiro atoms. The van der Waals surface area contributed by atoms with Gasteiger partial charge in [-0.05, 0) is 12.1 Å². The van der Waals surface area contributed by atoms with Gasteiger partial charge in [-0.3, -0.25) is 0 Å². The summed E-state index contributed by atoms with van der Waals surface area (Å²) in [7, 11) is -2.91. The maximum Gasteiger partial charge on any atom is 0.151 e. The van der Waals surface area contributed by atoms with Crippen molar-refractivity contribution in [2.75, 3.05) is 29.1 Å². The van der Waals surface area contributed by atoms with Crippen molar-refractivity contribution >= 4 is 21.3 Å². The second kappa shape index (κ2) is 4.97. The molecule has 1 aromatic rings. The predicted molar refractivity (Wildman–Crippen MR) is 61.5 cm³/mol. The number of sulfone groups is 1. The molecule has 0 atom stereocenters. The van der Waals surface area contributed by atoms with Crippen LogP contribution in [0.25, 0.3) is 0 Å². The molecule has 0 aliphatic carbocycles.